The highest BCUT2D eigenvalue weighted by molar-refractivity contribution is 7.89. The quantitative estimate of drug-likeness (QED) is 0.788. The van der Waals surface area contributed by atoms with Gasteiger partial charge >= 0.3 is 0 Å². The van der Waals surface area contributed by atoms with Gasteiger partial charge < -0.3 is 9.80 Å². The summed E-state index contributed by atoms with van der Waals surface area (Å²) in [5.74, 6) is 1.78. The van der Waals surface area contributed by atoms with E-state index in [0.29, 0.717) is 43.5 Å². The largest absolute Gasteiger partial charge is 0.338 e. The summed E-state index contributed by atoms with van der Waals surface area (Å²) in [5.41, 5.74) is 1.05. The average Bonchev–Trinajstić information content (AvgIpc) is 2.74. The number of rotatable bonds is 4. The molecule has 6 nitrogen and oxygen atoms in total. The number of piperidine rings is 1. The summed E-state index contributed by atoms with van der Waals surface area (Å²) in [6.07, 6.45) is 6.45. The molecule has 1 aromatic rings. The van der Waals surface area contributed by atoms with E-state index in [2.05, 4.69) is 4.90 Å². The minimum absolute atomic E-state index is 0.249. The zero-order chi connectivity index (χ0) is 20.4. The Balaban J connectivity index is 1.28. The van der Waals surface area contributed by atoms with E-state index in [0.717, 1.165) is 31.0 Å². The number of amides is 1. The predicted molar refractivity (Wildman–Crippen MR) is 112 cm³/mol. The number of fused-ring (bicyclic) bond motifs is 1. The first-order chi connectivity index (χ1) is 13.9. The Morgan fingerprint density at radius 1 is 1.00 bits per heavy atom. The fraction of sp³-hybridized carbons (Fsp3) is 0.682. The third kappa shape index (κ3) is 4.67. The van der Waals surface area contributed by atoms with Gasteiger partial charge in [-0.1, -0.05) is 37.0 Å². The molecule has 0 unspecified atom stereocenters. The first-order valence-corrected chi connectivity index (χ1v) is 12.6. The Morgan fingerprint density at radius 3 is 2.34 bits per heavy atom. The Labute approximate surface area is 174 Å². The number of hydrogen-bond acceptors (Lipinski definition) is 3. The van der Waals surface area contributed by atoms with Crippen molar-refractivity contribution in [1.29, 1.82) is 0 Å². The summed E-state index contributed by atoms with van der Waals surface area (Å²) in [7, 11) is -3.44. The van der Waals surface area contributed by atoms with Crippen molar-refractivity contribution in [3.8, 4) is 0 Å². The molecule has 1 aromatic carbocycles. The average molecular weight is 421 g/mol. The Hall–Kier alpha value is -1.44. The molecular weight excluding hydrogens is 386 g/mol. The highest BCUT2D eigenvalue weighted by Crippen LogP contribution is 2.35. The number of nitrogens with zero attached hydrogens (tertiary/aromatic N) is 2. The van der Waals surface area contributed by atoms with Gasteiger partial charge in [0.25, 0.3) is 5.91 Å². The van der Waals surface area contributed by atoms with Crippen molar-refractivity contribution in [3.63, 3.8) is 0 Å². The number of aryl methyl sites for hydroxylation is 1. The molecule has 0 aromatic heterocycles. The maximum absolute atomic E-state index is 12.9. The van der Waals surface area contributed by atoms with E-state index in [4.69, 9.17) is 0 Å². The normalized spacial score (nSPS) is 26.9. The topological polar surface area (TPSA) is 62.1 Å². The van der Waals surface area contributed by atoms with Gasteiger partial charge in [0.15, 0.2) is 6.54 Å². The SMILES string of the molecule is Cc1ccc(S(=O)(=O)N2CC[NH+](CC(=O)N3CC[C@H]4CCCC[C@@H]4C3)CC2)cc1. The van der Waals surface area contributed by atoms with E-state index in [1.807, 2.05) is 19.1 Å². The van der Waals surface area contributed by atoms with Crippen LogP contribution in [0.25, 0.3) is 0 Å². The zero-order valence-electron chi connectivity index (χ0n) is 17.5. The van der Waals surface area contributed by atoms with Gasteiger partial charge in [-0.25, -0.2) is 8.42 Å². The summed E-state index contributed by atoms with van der Waals surface area (Å²) in [6.45, 7) is 6.62. The summed E-state index contributed by atoms with van der Waals surface area (Å²) in [5, 5.41) is 0. The molecule has 2 saturated heterocycles. The lowest BCUT2D eigenvalue weighted by atomic mass is 9.75. The van der Waals surface area contributed by atoms with Crippen LogP contribution in [0.4, 0.5) is 0 Å². The monoisotopic (exact) mass is 420 g/mol. The van der Waals surface area contributed by atoms with E-state index in [-0.39, 0.29) is 5.91 Å². The lowest BCUT2D eigenvalue weighted by molar-refractivity contribution is -0.896. The van der Waals surface area contributed by atoms with Gasteiger partial charge in [0.05, 0.1) is 31.1 Å². The van der Waals surface area contributed by atoms with Crippen molar-refractivity contribution >= 4 is 15.9 Å². The van der Waals surface area contributed by atoms with Crippen molar-refractivity contribution in [1.82, 2.24) is 9.21 Å². The van der Waals surface area contributed by atoms with Crippen LogP contribution in [0.15, 0.2) is 29.2 Å². The molecule has 29 heavy (non-hydrogen) atoms. The zero-order valence-corrected chi connectivity index (χ0v) is 18.3. The second kappa shape index (κ2) is 8.74. The fourth-order valence-corrected chi connectivity index (χ4v) is 6.67. The lowest BCUT2D eigenvalue weighted by Crippen LogP contribution is -3.15. The smallest absolute Gasteiger partial charge is 0.277 e. The second-order valence-corrected chi connectivity index (χ2v) is 11.0. The number of benzene rings is 1. The summed E-state index contributed by atoms with van der Waals surface area (Å²) < 4.78 is 27.3. The van der Waals surface area contributed by atoms with Crippen LogP contribution < -0.4 is 4.90 Å². The minimum Gasteiger partial charge on any atom is -0.338 e. The molecule has 0 spiro atoms. The molecule has 2 atom stereocenters. The van der Waals surface area contributed by atoms with Crippen LogP contribution in [0, 0.1) is 18.8 Å². The number of hydrogen-bond donors (Lipinski definition) is 1. The second-order valence-electron chi connectivity index (χ2n) is 9.08. The van der Waals surface area contributed by atoms with Crippen molar-refractivity contribution in [3.05, 3.63) is 29.8 Å². The molecule has 0 bridgehead atoms. The van der Waals surface area contributed by atoms with E-state index < -0.39 is 10.0 Å². The molecule has 3 aliphatic rings. The van der Waals surface area contributed by atoms with Gasteiger partial charge in [-0.3, -0.25) is 4.79 Å². The van der Waals surface area contributed by atoms with Crippen molar-refractivity contribution in [2.75, 3.05) is 45.8 Å². The molecule has 4 rings (SSSR count). The Morgan fingerprint density at radius 2 is 1.66 bits per heavy atom. The number of piperazine rings is 1. The fourth-order valence-electron chi connectivity index (χ4n) is 5.23. The van der Waals surface area contributed by atoms with Gasteiger partial charge in [-0.05, 0) is 43.7 Å². The molecular formula is C22H34N3O3S+. The first-order valence-electron chi connectivity index (χ1n) is 11.1. The maximum atomic E-state index is 12.9. The molecule has 160 valence electrons. The van der Waals surface area contributed by atoms with E-state index in [1.165, 1.54) is 30.6 Å². The van der Waals surface area contributed by atoms with E-state index in [1.54, 1.807) is 16.4 Å². The third-order valence-electron chi connectivity index (χ3n) is 7.13. The van der Waals surface area contributed by atoms with Crippen LogP contribution in [0.2, 0.25) is 0 Å². The maximum Gasteiger partial charge on any atom is 0.277 e. The summed E-state index contributed by atoms with van der Waals surface area (Å²) >= 11 is 0. The number of nitrogens with one attached hydrogen (secondary N) is 1. The van der Waals surface area contributed by atoms with Crippen LogP contribution in [0.3, 0.4) is 0 Å². The predicted octanol–water partition coefficient (Wildman–Crippen LogP) is 0.923. The van der Waals surface area contributed by atoms with Crippen LogP contribution in [-0.2, 0) is 14.8 Å². The molecule has 1 saturated carbocycles. The molecule has 0 radical (unpaired) electrons. The molecule has 3 fully saturated rings. The number of sulfonamides is 1. The third-order valence-corrected chi connectivity index (χ3v) is 9.05. The first kappa shape index (κ1) is 20.8. The molecule has 1 aliphatic carbocycles. The van der Waals surface area contributed by atoms with Gasteiger partial charge in [0.2, 0.25) is 10.0 Å². The Kier molecular flexibility index (Phi) is 6.27. The van der Waals surface area contributed by atoms with E-state index >= 15 is 0 Å². The molecule has 2 aliphatic heterocycles. The Bertz CT molecular complexity index is 816. The minimum atomic E-state index is -3.44. The number of likely N-dealkylation sites (tertiary alicyclic amines) is 1. The highest BCUT2D eigenvalue weighted by atomic mass is 32.2. The molecule has 2 heterocycles. The highest BCUT2D eigenvalue weighted by Gasteiger charge is 2.35. The molecule has 1 N–H and O–H groups in total. The number of quaternary nitrogens is 1. The van der Waals surface area contributed by atoms with Gasteiger partial charge in [-0.2, -0.15) is 4.31 Å². The van der Waals surface area contributed by atoms with Gasteiger partial charge in [-0.15, -0.1) is 0 Å². The standard InChI is InChI=1S/C22H33N3O3S/c1-18-6-8-21(9-7-18)29(27,28)25-14-12-23(13-15-25)17-22(26)24-11-10-19-4-2-3-5-20(19)16-24/h6-9,19-20H,2-5,10-17H2,1H3/p+1/t19-,20-/m1/s1. The van der Waals surface area contributed by atoms with E-state index in [9.17, 15) is 13.2 Å². The van der Waals surface area contributed by atoms with Crippen molar-refractivity contribution in [2.24, 2.45) is 11.8 Å². The lowest BCUT2D eigenvalue weighted by Gasteiger charge is -2.41. The van der Waals surface area contributed by atoms with Crippen molar-refractivity contribution < 1.29 is 18.1 Å². The summed E-state index contributed by atoms with van der Waals surface area (Å²) in [6, 6.07) is 7.04. The van der Waals surface area contributed by atoms with Crippen LogP contribution in [0.1, 0.15) is 37.7 Å². The number of carbonyl (C=O) groups is 1. The van der Waals surface area contributed by atoms with Gasteiger partial charge in [0, 0.05) is 13.1 Å². The van der Waals surface area contributed by atoms with Gasteiger partial charge in [0.1, 0.15) is 0 Å². The summed E-state index contributed by atoms with van der Waals surface area (Å²) in [4.78, 5) is 16.5. The van der Waals surface area contributed by atoms with Crippen molar-refractivity contribution in [2.45, 2.75) is 43.9 Å². The number of carbonyl (C=O) groups excluding carboxylic acids is 1. The molecule has 1 amide bonds. The van der Waals surface area contributed by atoms with Crippen LogP contribution >= 0.6 is 0 Å². The molecule has 7 heteroatoms. The van der Waals surface area contributed by atoms with Crippen LogP contribution in [-0.4, -0.2) is 69.3 Å². The van der Waals surface area contributed by atoms with Crippen LogP contribution in [0.5, 0.6) is 0 Å².